The van der Waals surface area contributed by atoms with Gasteiger partial charge in [-0.3, -0.25) is 0 Å². The number of rotatable bonds is 3. The maximum Gasteiger partial charge on any atom is 0.167 e. The fourth-order valence-corrected chi connectivity index (χ4v) is 2.38. The van der Waals surface area contributed by atoms with Crippen LogP contribution in [0.3, 0.4) is 0 Å². The van der Waals surface area contributed by atoms with Crippen LogP contribution in [0.5, 0.6) is 11.5 Å². The van der Waals surface area contributed by atoms with Crippen LogP contribution in [-0.2, 0) is 0 Å². The summed E-state index contributed by atoms with van der Waals surface area (Å²) in [6.45, 7) is 5.97. The van der Waals surface area contributed by atoms with E-state index < -0.39 is 5.82 Å². The van der Waals surface area contributed by atoms with Crippen molar-refractivity contribution in [3.05, 3.63) is 52.3 Å². The molecule has 0 aromatic heterocycles. The summed E-state index contributed by atoms with van der Waals surface area (Å²) in [5.41, 5.74) is 7.72. The number of anilines is 1. The van der Waals surface area contributed by atoms with Crippen LogP contribution in [0.15, 0.2) is 30.3 Å². The highest BCUT2D eigenvalue weighted by Gasteiger charge is 2.12. The Kier molecular flexibility index (Phi) is 4.19. The van der Waals surface area contributed by atoms with E-state index in [4.69, 9.17) is 22.1 Å². The lowest BCUT2D eigenvalue weighted by Crippen LogP contribution is -1.96. The maximum atomic E-state index is 13.8. The van der Waals surface area contributed by atoms with E-state index in [1.807, 2.05) is 32.9 Å². The molecule has 2 N–H and O–H groups in total. The number of ether oxygens (including phenoxy) is 1. The van der Waals surface area contributed by atoms with Gasteiger partial charge < -0.3 is 10.5 Å². The first-order valence-electron chi connectivity index (χ1n) is 6.41. The summed E-state index contributed by atoms with van der Waals surface area (Å²) in [5, 5.41) is 0.697. The van der Waals surface area contributed by atoms with Gasteiger partial charge in [-0.25, -0.2) is 4.39 Å². The Morgan fingerprint density at radius 1 is 1.15 bits per heavy atom. The molecule has 0 radical (unpaired) electrons. The Hall–Kier alpha value is -1.74. The SMILES string of the molecule is Cc1cc(Cl)c(C(C)C)cc1Oc1ccc(N)cc1F. The summed E-state index contributed by atoms with van der Waals surface area (Å²) in [6.07, 6.45) is 0. The molecule has 0 aliphatic rings. The number of hydrogen-bond acceptors (Lipinski definition) is 2. The number of halogens is 2. The van der Waals surface area contributed by atoms with E-state index in [-0.39, 0.29) is 11.7 Å². The molecular formula is C16H17ClFNO. The second-order valence-corrected chi connectivity index (χ2v) is 5.49. The Labute approximate surface area is 123 Å². The van der Waals surface area contributed by atoms with Crippen molar-refractivity contribution in [2.75, 3.05) is 5.73 Å². The molecule has 0 fully saturated rings. The van der Waals surface area contributed by atoms with Crippen LogP contribution in [0.25, 0.3) is 0 Å². The van der Waals surface area contributed by atoms with Gasteiger partial charge in [0.1, 0.15) is 5.75 Å². The smallest absolute Gasteiger partial charge is 0.167 e. The number of nitrogens with two attached hydrogens (primary N) is 1. The molecule has 20 heavy (non-hydrogen) atoms. The van der Waals surface area contributed by atoms with E-state index in [0.717, 1.165) is 11.1 Å². The first kappa shape index (κ1) is 14.7. The lowest BCUT2D eigenvalue weighted by molar-refractivity contribution is 0.439. The van der Waals surface area contributed by atoms with E-state index >= 15 is 0 Å². The first-order valence-corrected chi connectivity index (χ1v) is 6.79. The molecule has 0 bridgehead atoms. The zero-order valence-electron chi connectivity index (χ0n) is 11.7. The third kappa shape index (κ3) is 3.05. The molecular weight excluding hydrogens is 277 g/mol. The highest BCUT2D eigenvalue weighted by atomic mass is 35.5. The quantitative estimate of drug-likeness (QED) is 0.781. The molecule has 0 spiro atoms. The molecule has 2 nitrogen and oxygen atoms in total. The third-order valence-electron chi connectivity index (χ3n) is 3.09. The predicted octanol–water partition coefficient (Wildman–Crippen LogP) is 5.29. The summed E-state index contributed by atoms with van der Waals surface area (Å²) in [7, 11) is 0. The number of benzene rings is 2. The molecule has 0 aliphatic heterocycles. The lowest BCUT2D eigenvalue weighted by atomic mass is 10.0. The Morgan fingerprint density at radius 2 is 1.85 bits per heavy atom. The standard InChI is InChI=1S/C16H17ClFNO/c1-9(2)12-8-16(10(3)6-13(12)17)20-15-5-4-11(19)7-14(15)18/h4-9H,19H2,1-3H3. The molecule has 0 amide bonds. The number of hydrogen-bond donors (Lipinski definition) is 1. The second-order valence-electron chi connectivity index (χ2n) is 5.09. The van der Waals surface area contributed by atoms with E-state index in [2.05, 4.69) is 0 Å². The highest BCUT2D eigenvalue weighted by molar-refractivity contribution is 6.31. The lowest BCUT2D eigenvalue weighted by Gasteiger charge is -2.15. The van der Waals surface area contributed by atoms with Crippen molar-refractivity contribution in [3.63, 3.8) is 0 Å². The average molecular weight is 294 g/mol. The van der Waals surface area contributed by atoms with Crippen LogP contribution < -0.4 is 10.5 Å². The summed E-state index contributed by atoms with van der Waals surface area (Å²) in [6, 6.07) is 8.06. The van der Waals surface area contributed by atoms with E-state index in [0.29, 0.717) is 16.5 Å². The highest BCUT2D eigenvalue weighted by Crippen LogP contribution is 2.34. The average Bonchev–Trinajstić information content (AvgIpc) is 2.35. The van der Waals surface area contributed by atoms with Crippen molar-refractivity contribution < 1.29 is 9.13 Å². The Balaban J connectivity index is 2.40. The fourth-order valence-electron chi connectivity index (χ4n) is 1.94. The van der Waals surface area contributed by atoms with Crippen molar-refractivity contribution in [2.24, 2.45) is 0 Å². The molecule has 106 valence electrons. The Bertz CT molecular complexity index is 641. The number of aryl methyl sites for hydroxylation is 1. The fraction of sp³-hybridized carbons (Fsp3) is 0.250. The largest absolute Gasteiger partial charge is 0.454 e. The molecule has 0 atom stereocenters. The van der Waals surface area contributed by atoms with Gasteiger partial charge in [-0.15, -0.1) is 0 Å². The van der Waals surface area contributed by atoms with Crippen molar-refractivity contribution in [3.8, 4) is 11.5 Å². The van der Waals surface area contributed by atoms with Crippen LogP contribution in [0.4, 0.5) is 10.1 Å². The van der Waals surface area contributed by atoms with Gasteiger partial charge in [0.05, 0.1) is 0 Å². The molecule has 0 saturated heterocycles. The van der Waals surface area contributed by atoms with Gasteiger partial charge >= 0.3 is 0 Å². The molecule has 4 heteroatoms. The molecule has 0 saturated carbocycles. The predicted molar refractivity (Wildman–Crippen MR) is 81.2 cm³/mol. The monoisotopic (exact) mass is 293 g/mol. The zero-order chi connectivity index (χ0) is 14.9. The van der Waals surface area contributed by atoms with Gasteiger partial charge in [0.2, 0.25) is 0 Å². The molecule has 2 aromatic rings. The van der Waals surface area contributed by atoms with Gasteiger partial charge in [0.25, 0.3) is 0 Å². The van der Waals surface area contributed by atoms with Crippen molar-refractivity contribution in [2.45, 2.75) is 26.7 Å². The van der Waals surface area contributed by atoms with Crippen molar-refractivity contribution in [1.29, 1.82) is 0 Å². The van der Waals surface area contributed by atoms with Crippen molar-refractivity contribution in [1.82, 2.24) is 0 Å². The second kappa shape index (κ2) is 5.71. The van der Waals surface area contributed by atoms with E-state index in [9.17, 15) is 4.39 Å². The number of nitrogen functional groups attached to an aromatic ring is 1. The van der Waals surface area contributed by atoms with Crippen LogP contribution in [0.2, 0.25) is 5.02 Å². The van der Waals surface area contributed by atoms with Crippen LogP contribution in [0, 0.1) is 12.7 Å². The van der Waals surface area contributed by atoms with Gasteiger partial charge in [-0.05, 0) is 48.2 Å². The summed E-state index contributed by atoms with van der Waals surface area (Å²) >= 11 is 6.21. The van der Waals surface area contributed by atoms with Crippen LogP contribution in [-0.4, -0.2) is 0 Å². The third-order valence-corrected chi connectivity index (χ3v) is 3.42. The molecule has 2 rings (SSSR count). The zero-order valence-corrected chi connectivity index (χ0v) is 12.5. The van der Waals surface area contributed by atoms with Gasteiger partial charge in [0.15, 0.2) is 11.6 Å². The summed E-state index contributed by atoms with van der Waals surface area (Å²) < 4.78 is 19.4. The minimum Gasteiger partial charge on any atom is -0.454 e. The topological polar surface area (TPSA) is 35.2 Å². The van der Waals surface area contributed by atoms with E-state index in [1.165, 1.54) is 12.1 Å². The van der Waals surface area contributed by atoms with Gasteiger partial charge in [-0.1, -0.05) is 25.4 Å². The van der Waals surface area contributed by atoms with Gasteiger partial charge in [-0.2, -0.15) is 0 Å². The summed E-state index contributed by atoms with van der Waals surface area (Å²) in [5.74, 6) is 0.535. The first-order chi connectivity index (χ1) is 9.38. The van der Waals surface area contributed by atoms with Gasteiger partial charge in [0, 0.05) is 16.8 Å². The molecule has 2 aromatic carbocycles. The molecule has 0 aliphatic carbocycles. The van der Waals surface area contributed by atoms with Crippen molar-refractivity contribution >= 4 is 17.3 Å². The summed E-state index contributed by atoms with van der Waals surface area (Å²) in [4.78, 5) is 0. The Morgan fingerprint density at radius 3 is 2.45 bits per heavy atom. The minimum atomic E-state index is -0.481. The molecule has 0 unspecified atom stereocenters. The minimum absolute atomic E-state index is 0.152. The normalized spacial score (nSPS) is 10.9. The van der Waals surface area contributed by atoms with Crippen LogP contribution in [0.1, 0.15) is 30.9 Å². The van der Waals surface area contributed by atoms with Crippen LogP contribution >= 0.6 is 11.6 Å². The maximum absolute atomic E-state index is 13.8. The van der Waals surface area contributed by atoms with E-state index in [1.54, 1.807) is 6.07 Å². The molecule has 0 heterocycles.